The lowest BCUT2D eigenvalue weighted by atomic mass is 10.2. The summed E-state index contributed by atoms with van der Waals surface area (Å²) in [7, 11) is -3.27. The Labute approximate surface area is 89.8 Å². The molecule has 0 atom stereocenters. The number of hydrogen-bond acceptors (Lipinski definition) is 3. The number of rotatable bonds is 3. The van der Waals surface area contributed by atoms with Crippen molar-refractivity contribution in [2.75, 3.05) is 17.1 Å². The van der Waals surface area contributed by atoms with E-state index in [9.17, 15) is 8.42 Å². The second-order valence-corrected chi connectivity index (χ2v) is 5.00. The van der Waals surface area contributed by atoms with E-state index in [1.807, 2.05) is 6.07 Å². The quantitative estimate of drug-likeness (QED) is 0.778. The van der Waals surface area contributed by atoms with E-state index in [1.54, 1.807) is 31.2 Å². The van der Waals surface area contributed by atoms with Crippen LogP contribution in [-0.2, 0) is 10.0 Å². The highest BCUT2D eigenvalue weighted by atomic mass is 32.2. The molecule has 0 saturated carbocycles. The topological polar surface area (TPSA) is 61.2 Å². The zero-order valence-corrected chi connectivity index (χ0v) is 9.45. The highest BCUT2D eigenvalue weighted by Crippen LogP contribution is 2.18. The second kappa shape index (κ2) is 4.32. The van der Waals surface area contributed by atoms with Crippen LogP contribution < -0.4 is 4.31 Å². The summed E-state index contributed by atoms with van der Waals surface area (Å²) >= 11 is 0. The van der Waals surface area contributed by atoms with Gasteiger partial charge in [-0.2, -0.15) is 5.26 Å². The van der Waals surface area contributed by atoms with Crippen LogP contribution in [0, 0.1) is 11.3 Å². The van der Waals surface area contributed by atoms with Crippen molar-refractivity contribution in [1.82, 2.24) is 0 Å². The van der Waals surface area contributed by atoms with Gasteiger partial charge >= 0.3 is 0 Å². The molecule has 4 nitrogen and oxygen atoms in total. The van der Waals surface area contributed by atoms with E-state index in [0.717, 1.165) is 6.26 Å². The minimum Gasteiger partial charge on any atom is -0.271 e. The zero-order valence-electron chi connectivity index (χ0n) is 8.64. The normalized spacial score (nSPS) is 10.7. The molecular formula is C10H12N2O2S. The van der Waals surface area contributed by atoms with Gasteiger partial charge in [-0.05, 0) is 25.1 Å². The van der Waals surface area contributed by atoms with Crippen molar-refractivity contribution in [3.8, 4) is 6.07 Å². The van der Waals surface area contributed by atoms with Gasteiger partial charge in [-0.3, -0.25) is 4.31 Å². The molecule has 80 valence electrons. The summed E-state index contributed by atoms with van der Waals surface area (Å²) in [6.07, 6.45) is 1.15. The van der Waals surface area contributed by atoms with E-state index in [-0.39, 0.29) is 0 Å². The second-order valence-electron chi connectivity index (χ2n) is 3.09. The molecule has 0 aliphatic rings. The predicted octanol–water partition coefficient (Wildman–Crippen LogP) is 1.34. The van der Waals surface area contributed by atoms with Gasteiger partial charge in [0.05, 0.1) is 23.6 Å². The van der Waals surface area contributed by atoms with Crippen LogP contribution in [0.2, 0.25) is 0 Å². The first-order valence-corrected chi connectivity index (χ1v) is 6.31. The predicted molar refractivity (Wildman–Crippen MR) is 59.0 cm³/mol. The lowest BCUT2D eigenvalue weighted by Gasteiger charge is -2.20. The van der Waals surface area contributed by atoms with Crippen molar-refractivity contribution in [3.63, 3.8) is 0 Å². The van der Waals surface area contributed by atoms with E-state index < -0.39 is 10.0 Å². The van der Waals surface area contributed by atoms with Crippen molar-refractivity contribution in [3.05, 3.63) is 29.8 Å². The zero-order chi connectivity index (χ0) is 11.5. The molecule has 15 heavy (non-hydrogen) atoms. The van der Waals surface area contributed by atoms with Crippen molar-refractivity contribution < 1.29 is 8.42 Å². The number of sulfonamides is 1. The summed E-state index contributed by atoms with van der Waals surface area (Å²) < 4.78 is 24.1. The van der Waals surface area contributed by atoms with Crippen LogP contribution in [0.5, 0.6) is 0 Å². The molecule has 1 rings (SSSR count). The molecule has 1 aromatic carbocycles. The van der Waals surface area contributed by atoms with Gasteiger partial charge in [0, 0.05) is 6.54 Å². The molecule has 0 fully saturated rings. The molecule has 1 aromatic rings. The third-order valence-corrected chi connectivity index (χ3v) is 3.22. The van der Waals surface area contributed by atoms with Gasteiger partial charge in [-0.25, -0.2) is 8.42 Å². The fourth-order valence-corrected chi connectivity index (χ4v) is 2.30. The molecule has 0 bridgehead atoms. The number of anilines is 1. The maximum absolute atomic E-state index is 11.4. The molecule has 0 unspecified atom stereocenters. The Balaban J connectivity index is 3.20. The summed E-state index contributed by atoms with van der Waals surface area (Å²) in [5, 5.41) is 8.70. The molecular weight excluding hydrogens is 212 g/mol. The number of nitriles is 1. The first-order chi connectivity index (χ1) is 6.99. The first-order valence-electron chi connectivity index (χ1n) is 4.47. The Morgan fingerprint density at radius 3 is 2.60 bits per heavy atom. The van der Waals surface area contributed by atoms with Gasteiger partial charge in [0.2, 0.25) is 10.0 Å². The lowest BCUT2D eigenvalue weighted by Crippen LogP contribution is -2.29. The Bertz CT molecular complexity index is 488. The van der Waals surface area contributed by atoms with Crippen LogP contribution in [0.25, 0.3) is 0 Å². The minimum atomic E-state index is -3.27. The summed E-state index contributed by atoms with van der Waals surface area (Å²) in [5.41, 5.74) is 0.980. The Morgan fingerprint density at radius 2 is 2.13 bits per heavy atom. The number of hydrogen-bond donors (Lipinski definition) is 0. The summed E-state index contributed by atoms with van der Waals surface area (Å²) in [5.74, 6) is 0. The van der Waals surface area contributed by atoms with Crippen LogP contribution in [0.15, 0.2) is 24.3 Å². The molecule has 0 aromatic heterocycles. The van der Waals surface area contributed by atoms with Crippen molar-refractivity contribution in [1.29, 1.82) is 5.26 Å². The van der Waals surface area contributed by atoms with Crippen LogP contribution in [0.4, 0.5) is 5.69 Å². The van der Waals surface area contributed by atoms with Gasteiger partial charge in [-0.15, -0.1) is 0 Å². The summed E-state index contributed by atoms with van der Waals surface area (Å²) in [6, 6.07) is 8.52. The molecule has 0 saturated heterocycles. The van der Waals surface area contributed by atoms with Crippen LogP contribution in [0.3, 0.4) is 0 Å². The maximum Gasteiger partial charge on any atom is 0.232 e. The lowest BCUT2D eigenvalue weighted by molar-refractivity contribution is 0.598. The molecule has 0 amide bonds. The Kier molecular flexibility index (Phi) is 3.32. The summed E-state index contributed by atoms with van der Waals surface area (Å²) in [4.78, 5) is 0. The van der Waals surface area contributed by atoms with E-state index in [4.69, 9.17) is 5.26 Å². The van der Waals surface area contributed by atoms with Crippen molar-refractivity contribution >= 4 is 15.7 Å². The summed E-state index contributed by atoms with van der Waals surface area (Å²) in [6.45, 7) is 2.10. The van der Waals surface area contributed by atoms with E-state index in [1.165, 1.54) is 4.31 Å². The third kappa shape index (κ3) is 2.70. The van der Waals surface area contributed by atoms with Crippen molar-refractivity contribution in [2.24, 2.45) is 0 Å². The molecule has 0 radical (unpaired) electrons. The Hall–Kier alpha value is -1.54. The van der Waals surface area contributed by atoms with Gasteiger partial charge in [0.1, 0.15) is 0 Å². The van der Waals surface area contributed by atoms with E-state index in [0.29, 0.717) is 17.8 Å². The van der Waals surface area contributed by atoms with Crippen LogP contribution in [-0.4, -0.2) is 21.2 Å². The van der Waals surface area contributed by atoms with Gasteiger partial charge in [0.15, 0.2) is 0 Å². The smallest absolute Gasteiger partial charge is 0.232 e. The minimum absolute atomic E-state index is 0.355. The first kappa shape index (κ1) is 11.5. The molecule has 0 heterocycles. The third-order valence-electron chi connectivity index (χ3n) is 1.95. The Morgan fingerprint density at radius 1 is 1.47 bits per heavy atom. The fraction of sp³-hybridized carbons (Fsp3) is 0.300. The maximum atomic E-state index is 11.4. The molecule has 0 aliphatic heterocycles. The van der Waals surface area contributed by atoms with Gasteiger partial charge in [-0.1, -0.05) is 6.07 Å². The highest BCUT2D eigenvalue weighted by molar-refractivity contribution is 7.92. The fourth-order valence-electron chi connectivity index (χ4n) is 1.34. The molecule has 5 heteroatoms. The molecule has 0 spiro atoms. The SMILES string of the molecule is CCN(c1cccc(C#N)c1)S(C)(=O)=O. The average Bonchev–Trinajstić information content (AvgIpc) is 2.17. The standard InChI is InChI=1S/C10H12N2O2S/c1-3-12(15(2,13)14)10-6-4-5-9(7-10)8-11/h4-7H,3H2,1-2H3. The molecule has 0 N–H and O–H groups in total. The number of benzene rings is 1. The van der Waals surface area contributed by atoms with Crippen molar-refractivity contribution in [2.45, 2.75) is 6.92 Å². The highest BCUT2D eigenvalue weighted by Gasteiger charge is 2.14. The van der Waals surface area contributed by atoms with Crippen LogP contribution >= 0.6 is 0 Å². The van der Waals surface area contributed by atoms with E-state index in [2.05, 4.69) is 0 Å². The monoisotopic (exact) mass is 224 g/mol. The van der Waals surface area contributed by atoms with Crippen LogP contribution in [0.1, 0.15) is 12.5 Å². The largest absolute Gasteiger partial charge is 0.271 e. The molecule has 0 aliphatic carbocycles. The van der Waals surface area contributed by atoms with Gasteiger partial charge in [0.25, 0.3) is 0 Å². The number of nitrogens with zero attached hydrogens (tertiary/aromatic N) is 2. The van der Waals surface area contributed by atoms with E-state index >= 15 is 0 Å². The average molecular weight is 224 g/mol. The van der Waals surface area contributed by atoms with Gasteiger partial charge < -0.3 is 0 Å².